The van der Waals surface area contributed by atoms with Crippen LogP contribution in [0.3, 0.4) is 0 Å². The maximum Gasteiger partial charge on any atom is 0.318 e. The molecule has 0 fully saturated rings. The molecule has 0 heterocycles. The van der Waals surface area contributed by atoms with Crippen LogP contribution in [0.2, 0.25) is 0 Å². The summed E-state index contributed by atoms with van der Waals surface area (Å²) in [5.74, 6) is 0. The summed E-state index contributed by atoms with van der Waals surface area (Å²) in [6, 6.07) is 28.3. The fourth-order valence-corrected chi connectivity index (χ4v) is 3.37. The summed E-state index contributed by atoms with van der Waals surface area (Å²) < 4.78 is 1.06. The summed E-state index contributed by atoms with van der Waals surface area (Å²) in [4.78, 5) is 14.7. The summed E-state index contributed by atoms with van der Waals surface area (Å²) in [7, 11) is 0. The number of nitrogens with zero attached hydrogens (tertiary/aromatic N) is 1. The lowest BCUT2D eigenvalue weighted by Crippen LogP contribution is -2.40. The number of nitrogens with one attached hydrogen (secondary N) is 1. The van der Waals surface area contributed by atoms with E-state index in [-0.39, 0.29) is 6.03 Å². The second-order valence-electron chi connectivity index (χ2n) is 6.44. The summed E-state index contributed by atoms with van der Waals surface area (Å²) in [5.41, 5.74) is 3.44. The third-order valence-corrected chi connectivity index (χ3v) is 4.79. The minimum absolute atomic E-state index is 0.0438. The molecule has 4 heteroatoms. The van der Waals surface area contributed by atoms with Crippen LogP contribution in [0, 0.1) is 0 Å². The van der Waals surface area contributed by atoms with Crippen LogP contribution >= 0.6 is 15.9 Å². The molecule has 0 aliphatic heterocycles. The number of rotatable bonds is 7. The first-order valence-corrected chi connectivity index (χ1v) is 9.85. The van der Waals surface area contributed by atoms with Gasteiger partial charge in [-0.25, -0.2) is 4.79 Å². The van der Waals surface area contributed by atoms with E-state index in [1.165, 1.54) is 5.56 Å². The van der Waals surface area contributed by atoms with E-state index in [9.17, 15) is 4.79 Å². The summed E-state index contributed by atoms with van der Waals surface area (Å²) in [5, 5.41) is 3.06. The van der Waals surface area contributed by atoms with E-state index in [2.05, 4.69) is 33.4 Å². The number of hydrogen-bond donors (Lipinski definition) is 1. The predicted molar refractivity (Wildman–Crippen MR) is 113 cm³/mol. The van der Waals surface area contributed by atoms with Gasteiger partial charge >= 0.3 is 6.03 Å². The van der Waals surface area contributed by atoms with Crippen molar-refractivity contribution in [3.05, 3.63) is 106 Å². The number of carbonyl (C=O) groups excluding carboxylic acids is 1. The molecule has 0 aromatic heterocycles. The maximum absolute atomic E-state index is 12.8. The van der Waals surface area contributed by atoms with Gasteiger partial charge in [-0.3, -0.25) is 0 Å². The van der Waals surface area contributed by atoms with Gasteiger partial charge in [0.05, 0.1) is 0 Å². The lowest BCUT2D eigenvalue weighted by molar-refractivity contribution is 0.192. The Kier molecular flexibility index (Phi) is 7.05. The molecule has 0 radical (unpaired) electrons. The molecule has 0 aliphatic rings. The second-order valence-corrected chi connectivity index (χ2v) is 7.35. The van der Waals surface area contributed by atoms with Gasteiger partial charge in [-0.2, -0.15) is 0 Å². The van der Waals surface area contributed by atoms with Crippen LogP contribution in [0.1, 0.15) is 16.7 Å². The quantitative estimate of drug-likeness (QED) is 0.542. The lowest BCUT2D eigenvalue weighted by atomic mass is 10.1. The molecule has 0 aliphatic carbocycles. The van der Waals surface area contributed by atoms with E-state index in [0.29, 0.717) is 19.6 Å². The molecule has 3 rings (SSSR count). The average Bonchev–Trinajstić information content (AvgIpc) is 2.69. The Morgan fingerprint density at radius 1 is 0.778 bits per heavy atom. The molecular formula is C23H23BrN2O. The van der Waals surface area contributed by atoms with E-state index in [1.54, 1.807) is 0 Å². The Labute approximate surface area is 169 Å². The van der Waals surface area contributed by atoms with Gasteiger partial charge in [0.15, 0.2) is 0 Å². The highest BCUT2D eigenvalue weighted by Crippen LogP contribution is 2.13. The third kappa shape index (κ3) is 6.26. The second kappa shape index (κ2) is 9.93. The van der Waals surface area contributed by atoms with Crippen LogP contribution in [-0.4, -0.2) is 17.5 Å². The molecule has 138 valence electrons. The van der Waals surface area contributed by atoms with Gasteiger partial charge in [0.25, 0.3) is 0 Å². The van der Waals surface area contributed by atoms with Gasteiger partial charge in [-0.15, -0.1) is 0 Å². The first-order chi connectivity index (χ1) is 13.2. The highest BCUT2D eigenvalue weighted by Gasteiger charge is 2.14. The molecule has 0 unspecified atom stereocenters. The molecule has 0 atom stereocenters. The van der Waals surface area contributed by atoms with Crippen molar-refractivity contribution in [3.63, 3.8) is 0 Å². The highest BCUT2D eigenvalue weighted by molar-refractivity contribution is 9.10. The number of halogens is 1. The van der Waals surface area contributed by atoms with Crippen LogP contribution in [0.5, 0.6) is 0 Å². The largest absolute Gasteiger partial charge is 0.338 e. The third-order valence-electron chi connectivity index (χ3n) is 4.30. The van der Waals surface area contributed by atoms with Crippen LogP contribution in [0.4, 0.5) is 4.79 Å². The van der Waals surface area contributed by atoms with Gasteiger partial charge in [0, 0.05) is 24.1 Å². The monoisotopic (exact) mass is 422 g/mol. The van der Waals surface area contributed by atoms with E-state index in [1.807, 2.05) is 77.7 Å². The smallest absolute Gasteiger partial charge is 0.318 e. The van der Waals surface area contributed by atoms with Crippen molar-refractivity contribution >= 4 is 22.0 Å². The van der Waals surface area contributed by atoms with Crippen LogP contribution in [-0.2, 0) is 19.5 Å². The first-order valence-electron chi connectivity index (χ1n) is 9.06. The summed E-state index contributed by atoms with van der Waals surface area (Å²) in [6.07, 6.45) is 0.801. The normalized spacial score (nSPS) is 10.4. The molecule has 1 N–H and O–H groups in total. The van der Waals surface area contributed by atoms with E-state index in [4.69, 9.17) is 0 Å². The van der Waals surface area contributed by atoms with Crippen LogP contribution in [0.15, 0.2) is 89.4 Å². The molecular weight excluding hydrogens is 400 g/mol. The molecule has 0 saturated heterocycles. The SMILES string of the molecule is O=C(NCCc1cccc(Br)c1)N(Cc1ccccc1)Cc1ccccc1. The van der Waals surface area contributed by atoms with E-state index < -0.39 is 0 Å². The molecule has 27 heavy (non-hydrogen) atoms. The topological polar surface area (TPSA) is 32.3 Å². The standard InChI is InChI=1S/C23H23BrN2O/c24-22-13-7-12-19(16-22)14-15-25-23(27)26(17-20-8-3-1-4-9-20)18-21-10-5-2-6-11-21/h1-13,16H,14-15,17-18H2,(H,25,27). The van der Waals surface area contributed by atoms with Gasteiger partial charge in [-0.1, -0.05) is 88.7 Å². The van der Waals surface area contributed by atoms with Crippen molar-refractivity contribution < 1.29 is 4.79 Å². The van der Waals surface area contributed by atoms with Crippen molar-refractivity contribution in [1.29, 1.82) is 0 Å². The summed E-state index contributed by atoms with van der Waals surface area (Å²) >= 11 is 3.48. The number of carbonyl (C=O) groups is 1. The van der Waals surface area contributed by atoms with Crippen molar-refractivity contribution in [2.45, 2.75) is 19.5 Å². The molecule has 0 spiro atoms. The number of urea groups is 1. The molecule has 3 aromatic rings. The van der Waals surface area contributed by atoms with Gasteiger partial charge < -0.3 is 10.2 Å². The Morgan fingerprint density at radius 3 is 1.89 bits per heavy atom. The van der Waals surface area contributed by atoms with Crippen molar-refractivity contribution in [3.8, 4) is 0 Å². The Hall–Kier alpha value is -2.59. The van der Waals surface area contributed by atoms with Crippen LogP contribution < -0.4 is 5.32 Å². The van der Waals surface area contributed by atoms with Crippen molar-refractivity contribution in [2.24, 2.45) is 0 Å². The number of amides is 2. The molecule has 0 bridgehead atoms. The van der Waals surface area contributed by atoms with E-state index >= 15 is 0 Å². The number of hydrogen-bond acceptors (Lipinski definition) is 1. The first kappa shape index (κ1) is 19.2. The zero-order chi connectivity index (χ0) is 18.9. The predicted octanol–water partition coefficient (Wildman–Crippen LogP) is 5.40. The van der Waals surface area contributed by atoms with Crippen molar-refractivity contribution in [2.75, 3.05) is 6.54 Å². The lowest BCUT2D eigenvalue weighted by Gasteiger charge is -2.23. The van der Waals surface area contributed by atoms with Gasteiger partial charge in [0.1, 0.15) is 0 Å². The molecule has 0 saturated carbocycles. The van der Waals surface area contributed by atoms with Crippen LogP contribution in [0.25, 0.3) is 0 Å². The zero-order valence-corrected chi connectivity index (χ0v) is 16.7. The highest BCUT2D eigenvalue weighted by atomic mass is 79.9. The minimum atomic E-state index is -0.0438. The average molecular weight is 423 g/mol. The fraction of sp³-hybridized carbons (Fsp3) is 0.174. The summed E-state index contributed by atoms with van der Waals surface area (Å²) in [6.45, 7) is 1.77. The Morgan fingerprint density at radius 2 is 1.33 bits per heavy atom. The molecule has 2 amide bonds. The number of benzene rings is 3. The van der Waals surface area contributed by atoms with E-state index in [0.717, 1.165) is 22.0 Å². The Bertz CT molecular complexity index is 811. The molecule has 3 aromatic carbocycles. The van der Waals surface area contributed by atoms with Crippen molar-refractivity contribution in [1.82, 2.24) is 10.2 Å². The zero-order valence-electron chi connectivity index (χ0n) is 15.1. The van der Waals surface area contributed by atoms with Gasteiger partial charge in [-0.05, 0) is 35.2 Å². The minimum Gasteiger partial charge on any atom is -0.338 e. The van der Waals surface area contributed by atoms with Gasteiger partial charge in [0.2, 0.25) is 0 Å². The molecule has 3 nitrogen and oxygen atoms in total. The fourth-order valence-electron chi connectivity index (χ4n) is 2.93. The maximum atomic E-state index is 12.8. The Balaban J connectivity index is 1.62.